The number of rotatable bonds is 3. The van der Waals surface area contributed by atoms with E-state index in [0.29, 0.717) is 13.1 Å². The summed E-state index contributed by atoms with van der Waals surface area (Å²) < 4.78 is 13.0. The molecule has 22 heavy (non-hydrogen) atoms. The van der Waals surface area contributed by atoms with Gasteiger partial charge in [0.05, 0.1) is 0 Å². The van der Waals surface area contributed by atoms with Crippen LogP contribution in [0.3, 0.4) is 0 Å². The van der Waals surface area contributed by atoms with Crippen molar-refractivity contribution in [1.82, 2.24) is 10.2 Å². The van der Waals surface area contributed by atoms with Crippen molar-refractivity contribution in [1.29, 1.82) is 0 Å². The highest BCUT2D eigenvalue weighted by molar-refractivity contribution is 5.91. The number of halogens is 1. The van der Waals surface area contributed by atoms with Crippen molar-refractivity contribution >= 4 is 11.8 Å². The minimum atomic E-state index is -0.379. The van der Waals surface area contributed by atoms with Crippen LogP contribution < -0.4 is 5.32 Å². The Labute approximate surface area is 129 Å². The second-order valence-corrected chi connectivity index (χ2v) is 6.51. The van der Waals surface area contributed by atoms with Gasteiger partial charge in [0.2, 0.25) is 11.8 Å². The number of carbonyl (C=O) groups excluding carboxylic acids is 2. The van der Waals surface area contributed by atoms with E-state index in [1.807, 2.05) is 13.8 Å². The Kier molecular flexibility index (Phi) is 3.89. The molecule has 1 saturated carbocycles. The number of nitrogens with zero attached hydrogens (tertiary/aromatic N) is 1. The van der Waals surface area contributed by atoms with Gasteiger partial charge >= 0.3 is 0 Å². The van der Waals surface area contributed by atoms with Gasteiger partial charge in [-0.2, -0.15) is 0 Å². The van der Waals surface area contributed by atoms with E-state index < -0.39 is 0 Å². The number of piperazine rings is 1. The lowest BCUT2D eigenvalue weighted by Crippen LogP contribution is -2.59. The van der Waals surface area contributed by atoms with Crippen molar-refractivity contribution in [3.8, 4) is 0 Å². The minimum absolute atomic E-state index is 0.0582. The van der Waals surface area contributed by atoms with E-state index in [1.54, 1.807) is 17.0 Å². The average molecular weight is 304 g/mol. The van der Waals surface area contributed by atoms with E-state index >= 15 is 0 Å². The number of amides is 2. The van der Waals surface area contributed by atoms with E-state index in [-0.39, 0.29) is 41.4 Å². The Morgan fingerprint density at radius 3 is 2.64 bits per heavy atom. The fraction of sp³-hybridized carbons (Fsp3) is 0.529. The Hall–Kier alpha value is -1.91. The van der Waals surface area contributed by atoms with Crippen LogP contribution in [0.5, 0.6) is 0 Å². The van der Waals surface area contributed by atoms with Gasteiger partial charge in [-0.05, 0) is 36.0 Å². The van der Waals surface area contributed by atoms with Crippen LogP contribution >= 0.6 is 0 Å². The monoisotopic (exact) mass is 304 g/mol. The van der Waals surface area contributed by atoms with E-state index in [1.165, 1.54) is 12.1 Å². The highest BCUT2D eigenvalue weighted by Gasteiger charge is 2.48. The van der Waals surface area contributed by atoms with Gasteiger partial charge in [0.1, 0.15) is 11.9 Å². The average Bonchev–Trinajstić information content (AvgIpc) is 3.27. The third kappa shape index (κ3) is 2.72. The summed E-state index contributed by atoms with van der Waals surface area (Å²) in [6, 6.07) is 5.98. The lowest BCUT2D eigenvalue weighted by molar-refractivity contribution is -0.146. The molecular formula is C17H21FN2O2. The van der Waals surface area contributed by atoms with Crippen molar-refractivity contribution in [3.05, 3.63) is 35.6 Å². The minimum Gasteiger partial charge on any atom is -0.353 e. The summed E-state index contributed by atoms with van der Waals surface area (Å²) >= 11 is 0. The summed E-state index contributed by atoms with van der Waals surface area (Å²) in [6.45, 7) is 5.00. The fourth-order valence-corrected chi connectivity index (χ4v) is 3.35. The predicted octanol–water partition coefficient (Wildman–Crippen LogP) is 1.91. The molecule has 118 valence electrons. The first-order valence-corrected chi connectivity index (χ1v) is 7.82. The number of hydrogen-bond donors (Lipinski definition) is 1. The van der Waals surface area contributed by atoms with E-state index in [9.17, 15) is 14.0 Å². The molecular weight excluding hydrogens is 283 g/mol. The third-order valence-corrected chi connectivity index (χ3v) is 4.58. The Morgan fingerprint density at radius 2 is 2.00 bits per heavy atom. The fourth-order valence-electron chi connectivity index (χ4n) is 3.35. The number of nitrogens with one attached hydrogen (secondary N) is 1. The number of hydrogen-bond acceptors (Lipinski definition) is 2. The van der Waals surface area contributed by atoms with Gasteiger partial charge in [0.15, 0.2) is 0 Å². The van der Waals surface area contributed by atoms with Crippen molar-refractivity contribution in [2.24, 2.45) is 11.8 Å². The molecule has 1 heterocycles. The summed E-state index contributed by atoms with van der Waals surface area (Å²) in [6.07, 6.45) is 0.785. The van der Waals surface area contributed by atoms with Crippen LogP contribution in [0.4, 0.5) is 4.39 Å². The largest absolute Gasteiger partial charge is 0.353 e. The molecule has 0 bridgehead atoms. The van der Waals surface area contributed by atoms with Gasteiger partial charge in [-0.15, -0.1) is 0 Å². The van der Waals surface area contributed by atoms with Crippen LogP contribution in [0, 0.1) is 17.7 Å². The second kappa shape index (κ2) is 5.71. The Bertz CT molecular complexity index is 585. The molecule has 3 atom stereocenters. The molecule has 0 aromatic heterocycles. The molecule has 4 nitrogen and oxygen atoms in total. The van der Waals surface area contributed by atoms with Crippen molar-refractivity contribution in [2.45, 2.75) is 32.2 Å². The van der Waals surface area contributed by atoms with Gasteiger partial charge < -0.3 is 10.2 Å². The summed E-state index contributed by atoms with van der Waals surface area (Å²) in [5, 5.41) is 2.83. The normalized spacial score (nSPS) is 27.7. The molecule has 1 aliphatic heterocycles. The standard InChI is InChI=1S/C17H21FN2O2/c1-10(2)15-16(21)19-7-8-20(15)17(22)14-9-13(14)11-3-5-12(18)6-4-11/h3-6,10,13-15H,7-9H2,1-2H3,(H,19,21)/t13-,14+,15-/m1/s1. The van der Waals surface area contributed by atoms with E-state index in [4.69, 9.17) is 0 Å². The van der Waals surface area contributed by atoms with Crippen LogP contribution in [0.25, 0.3) is 0 Å². The van der Waals surface area contributed by atoms with Crippen LogP contribution in [0.1, 0.15) is 31.7 Å². The molecule has 0 radical (unpaired) electrons. The Balaban J connectivity index is 1.72. The SMILES string of the molecule is CC(C)[C@@H]1C(=O)NCCN1C(=O)[C@H]1C[C@@H]1c1ccc(F)cc1. The van der Waals surface area contributed by atoms with Gasteiger partial charge in [0.25, 0.3) is 0 Å². The van der Waals surface area contributed by atoms with Crippen LogP contribution in [0.15, 0.2) is 24.3 Å². The summed E-state index contributed by atoms with van der Waals surface area (Å²) in [4.78, 5) is 26.5. The summed E-state index contributed by atoms with van der Waals surface area (Å²) in [5.41, 5.74) is 1.00. The molecule has 0 spiro atoms. The molecule has 1 aromatic rings. The summed E-state index contributed by atoms with van der Waals surface area (Å²) in [5.74, 6) is -0.0907. The molecule has 1 saturated heterocycles. The lowest BCUT2D eigenvalue weighted by Gasteiger charge is -2.37. The van der Waals surface area contributed by atoms with Gasteiger partial charge in [-0.25, -0.2) is 4.39 Å². The first-order chi connectivity index (χ1) is 10.5. The highest BCUT2D eigenvalue weighted by atomic mass is 19.1. The molecule has 2 fully saturated rings. The van der Waals surface area contributed by atoms with Crippen molar-refractivity contribution in [2.75, 3.05) is 13.1 Å². The first-order valence-electron chi connectivity index (χ1n) is 7.82. The number of carbonyl (C=O) groups is 2. The van der Waals surface area contributed by atoms with Gasteiger partial charge in [-0.1, -0.05) is 26.0 Å². The molecule has 1 aromatic carbocycles. The lowest BCUT2D eigenvalue weighted by atomic mass is 9.98. The van der Waals surface area contributed by atoms with Gasteiger partial charge in [0, 0.05) is 19.0 Å². The third-order valence-electron chi connectivity index (χ3n) is 4.58. The van der Waals surface area contributed by atoms with Crippen LogP contribution in [-0.4, -0.2) is 35.8 Å². The molecule has 1 N–H and O–H groups in total. The quantitative estimate of drug-likeness (QED) is 0.927. The Morgan fingerprint density at radius 1 is 1.32 bits per heavy atom. The smallest absolute Gasteiger partial charge is 0.243 e. The molecule has 5 heteroatoms. The first kappa shape index (κ1) is 15.0. The molecule has 1 aliphatic carbocycles. The van der Waals surface area contributed by atoms with Crippen molar-refractivity contribution in [3.63, 3.8) is 0 Å². The van der Waals surface area contributed by atoms with Crippen LogP contribution in [-0.2, 0) is 9.59 Å². The predicted molar refractivity (Wildman–Crippen MR) is 80.6 cm³/mol. The molecule has 3 rings (SSSR count). The second-order valence-electron chi connectivity index (χ2n) is 6.51. The zero-order valence-electron chi connectivity index (χ0n) is 12.9. The zero-order chi connectivity index (χ0) is 15.9. The topological polar surface area (TPSA) is 49.4 Å². The van der Waals surface area contributed by atoms with Crippen molar-refractivity contribution < 1.29 is 14.0 Å². The molecule has 0 unspecified atom stereocenters. The van der Waals surface area contributed by atoms with Crippen LogP contribution in [0.2, 0.25) is 0 Å². The maximum Gasteiger partial charge on any atom is 0.243 e. The summed E-state index contributed by atoms with van der Waals surface area (Å²) in [7, 11) is 0. The zero-order valence-corrected chi connectivity index (χ0v) is 12.9. The molecule has 2 amide bonds. The maximum absolute atomic E-state index is 13.0. The van der Waals surface area contributed by atoms with E-state index in [0.717, 1.165) is 12.0 Å². The molecule has 2 aliphatic rings. The maximum atomic E-state index is 13.0. The van der Waals surface area contributed by atoms with Gasteiger partial charge in [-0.3, -0.25) is 9.59 Å². The van der Waals surface area contributed by atoms with E-state index in [2.05, 4.69) is 5.32 Å². The number of benzene rings is 1. The highest BCUT2D eigenvalue weighted by Crippen LogP contribution is 2.48.